The molecule has 1 unspecified atom stereocenters. The van der Waals surface area contributed by atoms with Gasteiger partial charge >= 0.3 is 0 Å². The number of hydrogen-bond acceptors (Lipinski definition) is 4. The molecule has 0 amide bonds. The van der Waals surface area contributed by atoms with Crippen molar-refractivity contribution in [2.24, 2.45) is 5.41 Å². The Hall–Kier alpha value is -2.24. The van der Waals surface area contributed by atoms with Crippen molar-refractivity contribution < 1.29 is 9.47 Å². The lowest BCUT2D eigenvalue weighted by Gasteiger charge is -2.36. The fraction of sp³-hybridized carbons (Fsp3) is 0.400. The highest BCUT2D eigenvalue weighted by atomic mass is 16.7. The summed E-state index contributed by atoms with van der Waals surface area (Å²) in [5, 5.41) is 6.99. The standard InChI is InChI=1S/C20H23N3O2/c1-20(11-24-15-25-12-20)10-18(23-14-21-13-22-23)9-17-7-4-6-16-5-2-3-8-19(16)17/h2-8,13-14,18H,9-12,15H2,1H3. The van der Waals surface area contributed by atoms with E-state index in [-0.39, 0.29) is 11.5 Å². The van der Waals surface area contributed by atoms with Crippen LogP contribution in [0.3, 0.4) is 0 Å². The number of benzene rings is 2. The van der Waals surface area contributed by atoms with Crippen molar-refractivity contribution in [3.8, 4) is 0 Å². The number of nitrogens with zero attached hydrogens (tertiary/aromatic N) is 3. The van der Waals surface area contributed by atoms with Gasteiger partial charge in [-0.15, -0.1) is 0 Å². The van der Waals surface area contributed by atoms with Crippen molar-refractivity contribution in [3.05, 3.63) is 60.7 Å². The van der Waals surface area contributed by atoms with Gasteiger partial charge in [0.15, 0.2) is 0 Å². The van der Waals surface area contributed by atoms with E-state index in [0.717, 1.165) is 12.8 Å². The third-order valence-electron chi connectivity index (χ3n) is 4.94. The molecule has 25 heavy (non-hydrogen) atoms. The number of hydrogen-bond donors (Lipinski definition) is 0. The van der Waals surface area contributed by atoms with Gasteiger partial charge in [0.05, 0.1) is 19.3 Å². The molecule has 0 bridgehead atoms. The molecule has 5 nitrogen and oxygen atoms in total. The minimum atomic E-state index is -0.0144. The molecule has 1 aliphatic rings. The summed E-state index contributed by atoms with van der Waals surface area (Å²) in [6, 6.07) is 15.2. The minimum absolute atomic E-state index is 0.0144. The Balaban J connectivity index is 1.64. The summed E-state index contributed by atoms with van der Waals surface area (Å²) in [6.45, 7) is 4.05. The molecule has 1 saturated heterocycles. The molecule has 1 aliphatic heterocycles. The van der Waals surface area contributed by atoms with Gasteiger partial charge in [0.2, 0.25) is 0 Å². The summed E-state index contributed by atoms with van der Waals surface area (Å²) >= 11 is 0. The van der Waals surface area contributed by atoms with Crippen LogP contribution in [-0.2, 0) is 15.9 Å². The van der Waals surface area contributed by atoms with E-state index in [2.05, 4.69) is 59.5 Å². The zero-order valence-electron chi connectivity index (χ0n) is 14.5. The van der Waals surface area contributed by atoms with Crippen LogP contribution in [0.1, 0.15) is 24.9 Å². The van der Waals surface area contributed by atoms with Crippen LogP contribution in [0.2, 0.25) is 0 Å². The van der Waals surface area contributed by atoms with Crippen molar-refractivity contribution in [3.63, 3.8) is 0 Å². The molecule has 130 valence electrons. The summed E-state index contributed by atoms with van der Waals surface area (Å²) in [6.07, 6.45) is 5.25. The van der Waals surface area contributed by atoms with Crippen LogP contribution in [0.5, 0.6) is 0 Å². The Bertz CT molecular complexity index is 821. The molecule has 0 radical (unpaired) electrons. The summed E-state index contributed by atoms with van der Waals surface area (Å²) in [5.74, 6) is 0. The fourth-order valence-corrected chi connectivity index (χ4v) is 3.75. The number of ether oxygens (including phenoxy) is 2. The lowest BCUT2D eigenvalue weighted by molar-refractivity contribution is -0.163. The average Bonchev–Trinajstić information content (AvgIpc) is 3.17. The molecule has 4 rings (SSSR count). The second kappa shape index (κ2) is 6.94. The maximum Gasteiger partial charge on any atom is 0.146 e. The molecule has 1 fully saturated rings. The summed E-state index contributed by atoms with van der Waals surface area (Å²) in [4.78, 5) is 4.15. The first-order valence-corrected chi connectivity index (χ1v) is 8.70. The van der Waals surface area contributed by atoms with Crippen molar-refractivity contribution >= 4 is 10.8 Å². The molecule has 0 aliphatic carbocycles. The molecule has 0 N–H and O–H groups in total. The topological polar surface area (TPSA) is 49.2 Å². The van der Waals surface area contributed by atoms with Gasteiger partial charge in [0, 0.05) is 5.41 Å². The van der Waals surface area contributed by atoms with Gasteiger partial charge in [0.1, 0.15) is 19.4 Å². The van der Waals surface area contributed by atoms with E-state index in [9.17, 15) is 0 Å². The van der Waals surface area contributed by atoms with E-state index in [4.69, 9.17) is 9.47 Å². The fourth-order valence-electron chi connectivity index (χ4n) is 3.75. The average molecular weight is 337 g/mol. The number of fused-ring (bicyclic) bond motifs is 1. The van der Waals surface area contributed by atoms with E-state index in [1.165, 1.54) is 16.3 Å². The largest absolute Gasteiger partial charge is 0.355 e. The van der Waals surface area contributed by atoms with Crippen molar-refractivity contribution in [1.82, 2.24) is 14.8 Å². The van der Waals surface area contributed by atoms with Gasteiger partial charge in [0.25, 0.3) is 0 Å². The van der Waals surface area contributed by atoms with Crippen LogP contribution in [-0.4, -0.2) is 34.8 Å². The van der Waals surface area contributed by atoms with E-state index < -0.39 is 0 Å². The van der Waals surface area contributed by atoms with Crippen LogP contribution in [0, 0.1) is 5.41 Å². The van der Waals surface area contributed by atoms with E-state index >= 15 is 0 Å². The van der Waals surface area contributed by atoms with Crippen LogP contribution in [0.4, 0.5) is 0 Å². The van der Waals surface area contributed by atoms with Crippen LogP contribution in [0.25, 0.3) is 10.8 Å². The molecular formula is C20H23N3O2. The van der Waals surface area contributed by atoms with Gasteiger partial charge in [-0.05, 0) is 29.2 Å². The highest BCUT2D eigenvalue weighted by molar-refractivity contribution is 5.85. The smallest absolute Gasteiger partial charge is 0.146 e. The lowest BCUT2D eigenvalue weighted by atomic mass is 9.82. The molecule has 1 atom stereocenters. The summed E-state index contributed by atoms with van der Waals surface area (Å²) in [5.41, 5.74) is 1.32. The summed E-state index contributed by atoms with van der Waals surface area (Å²) < 4.78 is 13.1. The molecule has 0 saturated carbocycles. The van der Waals surface area contributed by atoms with E-state index in [0.29, 0.717) is 20.0 Å². The third kappa shape index (κ3) is 3.57. The van der Waals surface area contributed by atoms with Crippen LogP contribution < -0.4 is 0 Å². The SMILES string of the molecule is CC1(CC(Cc2cccc3ccccc23)n2cncn2)COCOC1. The Labute approximate surface area is 147 Å². The zero-order valence-corrected chi connectivity index (χ0v) is 14.5. The second-order valence-electron chi connectivity index (χ2n) is 7.20. The van der Waals surface area contributed by atoms with Crippen LogP contribution >= 0.6 is 0 Å². The van der Waals surface area contributed by atoms with Crippen molar-refractivity contribution in [2.45, 2.75) is 25.8 Å². The predicted octanol–water partition coefficient (Wildman–Crippen LogP) is 3.62. The molecule has 0 spiro atoms. The molecule has 5 heteroatoms. The highest BCUT2D eigenvalue weighted by Crippen LogP contribution is 2.34. The van der Waals surface area contributed by atoms with Gasteiger partial charge < -0.3 is 9.47 Å². The zero-order chi connectivity index (χ0) is 17.1. The maximum absolute atomic E-state index is 5.56. The van der Waals surface area contributed by atoms with Gasteiger partial charge in [-0.1, -0.05) is 49.4 Å². The molecule has 1 aromatic heterocycles. The predicted molar refractivity (Wildman–Crippen MR) is 96.2 cm³/mol. The van der Waals surface area contributed by atoms with E-state index in [1.54, 1.807) is 6.33 Å². The second-order valence-corrected chi connectivity index (χ2v) is 7.20. The highest BCUT2D eigenvalue weighted by Gasteiger charge is 2.33. The minimum Gasteiger partial charge on any atom is -0.355 e. The molecule has 3 aromatic rings. The van der Waals surface area contributed by atoms with Gasteiger partial charge in [-0.25, -0.2) is 9.67 Å². The maximum atomic E-state index is 5.56. The Morgan fingerprint density at radius 2 is 1.92 bits per heavy atom. The van der Waals surface area contributed by atoms with Gasteiger partial charge in [-0.3, -0.25) is 0 Å². The van der Waals surface area contributed by atoms with Crippen molar-refractivity contribution in [1.29, 1.82) is 0 Å². The number of aromatic nitrogens is 3. The van der Waals surface area contributed by atoms with Crippen molar-refractivity contribution in [2.75, 3.05) is 20.0 Å². The summed E-state index contributed by atoms with van der Waals surface area (Å²) in [7, 11) is 0. The monoisotopic (exact) mass is 337 g/mol. The molecular weight excluding hydrogens is 314 g/mol. The first kappa shape index (κ1) is 16.2. The quantitative estimate of drug-likeness (QED) is 0.713. The van der Waals surface area contributed by atoms with Gasteiger partial charge in [-0.2, -0.15) is 5.10 Å². The Morgan fingerprint density at radius 3 is 2.72 bits per heavy atom. The Morgan fingerprint density at radius 1 is 1.12 bits per heavy atom. The lowest BCUT2D eigenvalue weighted by Crippen LogP contribution is -2.37. The van der Waals surface area contributed by atoms with Crippen LogP contribution in [0.15, 0.2) is 55.1 Å². The number of rotatable bonds is 5. The molecule has 2 aromatic carbocycles. The van der Waals surface area contributed by atoms with E-state index in [1.807, 2.05) is 11.0 Å². The first-order chi connectivity index (χ1) is 12.2. The first-order valence-electron chi connectivity index (χ1n) is 8.70. The molecule has 2 heterocycles. The Kier molecular flexibility index (Phi) is 4.51. The normalized spacial score (nSPS) is 18.3. The third-order valence-corrected chi connectivity index (χ3v) is 4.94.